The second kappa shape index (κ2) is 8.01. The first-order valence-corrected chi connectivity index (χ1v) is 7.89. The van der Waals surface area contributed by atoms with E-state index in [2.05, 4.69) is 0 Å². The molecule has 0 radical (unpaired) electrons. The monoisotopic (exact) mass is 338 g/mol. The minimum atomic E-state index is -0.630. The molecule has 1 aliphatic rings. The molecule has 1 aliphatic heterocycles. The third kappa shape index (κ3) is 4.38. The van der Waals surface area contributed by atoms with Crippen molar-refractivity contribution in [2.24, 2.45) is 0 Å². The lowest BCUT2D eigenvalue weighted by atomic mass is 10.2. The first-order valence-electron chi connectivity index (χ1n) is 7.89. The maximum atomic E-state index is 12.2. The van der Waals surface area contributed by atoms with E-state index in [1.165, 1.54) is 11.2 Å². The molecule has 0 saturated carbocycles. The van der Waals surface area contributed by atoms with E-state index in [-0.39, 0.29) is 19.8 Å². The number of carbonyl (C=O) groups is 2. The van der Waals surface area contributed by atoms with Crippen molar-refractivity contribution in [3.8, 4) is 0 Å². The Labute approximate surface area is 145 Å². The van der Waals surface area contributed by atoms with Crippen LogP contribution in [0.3, 0.4) is 0 Å². The zero-order valence-corrected chi connectivity index (χ0v) is 13.6. The number of rotatable bonds is 4. The van der Waals surface area contributed by atoms with Crippen LogP contribution in [-0.2, 0) is 22.7 Å². The van der Waals surface area contributed by atoms with Crippen LogP contribution in [0.4, 0.5) is 9.59 Å². The second-order valence-electron chi connectivity index (χ2n) is 5.39. The van der Waals surface area contributed by atoms with E-state index in [1.807, 2.05) is 60.7 Å². The Morgan fingerprint density at radius 1 is 0.800 bits per heavy atom. The van der Waals surface area contributed by atoms with Crippen LogP contribution in [-0.4, -0.2) is 28.7 Å². The summed E-state index contributed by atoms with van der Waals surface area (Å²) in [5.74, 6) is 0. The minimum absolute atomic E-state index is 0.136. The van der Waals surface area contributed by atoms with Crippen LogP contribution in [0.15, 0.2) is 72.9 Å². The van der Waals surface area contributed by atoms with Crippen molar-refractivity contribution in [3.05, 3.63) is 84.1 Å². The topological polar surface area (TPSA) is 59.1 Å². The molecule has 3 rings (SSSR count). The van der Waals surface area contributed by atoms with Gasteiger partial charge in [-0.05, 0) is 17.2 Å². The van der Waals surface area contributed by atoms with E-state index in [9.17, 15) is 9.59 Å². The fraction of sp³-hybridized carbons (Fsp3) is 0.158. The van der Waals surface area contributed by atoms with Gasteiger partial charge in [0.25, 0.3) is 0 Å². The highest BCUT2D eigenvalue weighted by molar-refractivity contribution is 5.76. The summed E-state index contributed by atoms with van der Waals surface area (Å²) in [5.41, 5.74) is 1.75. The highest BCUT2D eigenvalue weighted by Gasteiger charge is 2.29. The Kier molecular flexibility index (Phi) is 5.31. The van der Waals surface area contributed by atoms with Crippen LogP contribution in [0.2, 0.25) is 0 Å². The SMILES string of the molecule is O=C(OCc1ccccc1)N1C=CCN1C(=O)OCc1ccccc1. The summed E-state index contributed by atoms with van der Waals surface area (Å²) < 4.78 is 10.5. The molecule has 0 atom stereocenters. The fourth-order valence-corrected chi connectivity index (χ4v) is 2.32. The van der Waals surface area contributed by atoms with E-state index in [1.54, 1.807) is 6.08 Å². The maximum absolute atomic E-state index is 12.2. The summed E-state index contributed by atoms with van der Waals surface area (Å²) in [5, 5.41) is 2.31. The molecule has 2 amide bonds. The van der Waals surface area contributed by atoms with E-state index in [0.29, 0.717) is 0 Å². The Morgan fingerprint density at radius 2 is 1.32 bits per heavy atom. The van der Waals surface area contributed by atoms with Gasteiger partial charge in [-0.2, -0.15) is 5.01 Å². The zero-order valence-electron chi connectivity index (χ0n) is 13.6. The van der Waals surface area contributed by atoms with Gasteiger partial charge < -0.3 is 9.47 Å². The summed E-state index contributed by atoms with van der Waals surface area (Å²) in [7, 11) is 0. The highest BCUT2D eigenvalue weighted by atomic mass is 16.6. The highest BCUT2D eigenvalue weighted by Crippen LogP contribution is 2.14. The molecule has 0 aliphatic carbocycles. The molecule has 0 aromatic heterocycles. The minimum Gasteiger partial charge on any atom is -0.443 e. The Hall–Kier alpha value is -3.28. The van der Waals surface area contributed by atoms with Crippen LogP contribution in [0.1, 0.15) is 11.1 Å². The van der Waals surface area contributed by atoms with Crippen LogP contribution < -0.4 is 0 Å². The van der Waals surface area contributed by atoms with Gasteiger partial charge >= 0.3 is 12.2 Å². The summed E-state index contributed by atoms with van der Waals surface area (Å²) in [4.78, 5) is 24.4. The lowest BCUT2D eigenvalue weighted by molar-refractivity contribution is 0.0132. The predicted molar refractivity (Wildman–Crippen MR) is 90.9 cm³/mol. The number of nitrogens with zero attached hydrogens (tertiary/aromatic N) is 2. The molecular weight excluding hydrogens is 320 g/mol. The lowest BCUT2D eigenvalue weighted by Crippen LogP contribution is -2.44. The van der Waals surface area contributed by atoms with Gasteiger partial charge in [-0.15, -0.1) is 0 Å². The largest absolute Gasteiger partial charge is 0.443 e. The molecule has 6 nitrogen and oxygen atoms in total. The molecule has 0 bridgehead atoms. The van der Waals surface area contributed by atoms with Crippen molar-refractivity contribution in [2.45, 2.75) is 13.2 Å². The van der Waals surface area contributed by atoms with Gasteiger partial charge in [-0.1, -0.05) is 60.7 Å². The van der Waals surface area contributed by atoms with Crippen LogP contribution in [0, 0.1) is 0 Å². The Balaban J connectivity index is 1.53. The fourth-order valence-electron chi connectivity index (χ4n) is 2.32. The second-order valence-corrected chi connectivity index (χ2v) is 5.39. The molecule has 0 fully saturated rings. The molecule has 6 heteroatoms. The standard InChI is InChI=1S/C19H18N2O4/c22-18(24-14-16-8-3-1-4-9-16)20-12-7-13-21(20)19(23)25-15-17-10-5-2-6-11-17/h1-12H,13-15H2. The van der Waals surface area contributed by atoms with E-state index < -0.39 is 12.2 Å². The number of carbonyl (C=O) groups excluding carboxylic acids is 2. The molecule has 0 saturated heterocycles. The van der Waals surface area contributed by atoms with E-state index in [4.69, 9.17) is 9.47 Å². The number of benzene rings is 2. The summed E-state index contributed by atoms with van der Waals surface area (Å²) in [6, 6.07) is 18.7. The lowest BCUT2D eigenvalue weighted by Gasteiger charge is -2.25. The summed E-state index contributed by atoms with van der Waals surface area (Å²) in [6.07, 6.45) is 1.95. The zero-order chi connectivity index (χ0) is 17.5. The quantitative estimate of drug-likeness (QED) is 0.853. The van der Waals surface area contributed by atoms with Crippen LogP contribution in [0.5, 0.6) is 0 Å². The Morgan fingerprint density at radius 3 is 1.88 bits per heavy atom. The van der Waals surface area contributed by atoms with Crippen molar-refractivity contribution in [3.63, 3.8) is 0 Å². The van der Waals surface area contributed by atoms with Crippen molar-refractivity contribution in [1.29, 1.82) is 0 Å². The van der Waals surface area contributed by atoms with Crippen molar-refractivity contribution in [2.75, 3.05) is 6.54 Å². The molecule has 2 aromatic rings. The molecule has 2 aromatic carbocycles. The van der Waals surface area contributed by atoms with Gasteiger partial charge in [0.1, 0.15) is 13.2 Å². The number of hydrogen-bond donors (Lipinski definition) is 0. The molecular formula is C19H18N2O4. The van der Waals surface area contributed by atoms with Gasteiger partial charge in [-0.3, -0.25) is 0 Å². The number of hydrogen-bond acceptors (Lipinski definition) is 4. The molecule has 0 spiro atoms. The van der Waals surface area contributed by atoms with E-state index in [0.717, 1.165) is 16.1 Å². The van der Waals surface area contributed by atoms with Crippen molar-refractivity contribution >= 4 is 12.2 Å². The third-order valence-electron chi connectivity index (χ3n) is 3.59. The number of ether oxygens (including phenoxy) is 2. The summed E-state index contributed by atoms with van der Waals surface area (Å²) in [6.45, 7) is 0.536. The van der Waals surface area contributed by atoms with Crippen molar-refractivity contribution < 1.29 is 19.1 Å². The predicted octanol–water partition coefficient (Wildman–Crippen LogP) is 3.71. The van der Waals surface area contributed by atoms with Gasteiger partial charge in [-0.25, -0.2) is 14.6 Å². The van der Waals surface area contributed by atoms with E-state index >= 15 is 0 Å². The van der Waals surface area contributed by atoms with Gasteiger partial charge in [0, 0.05) is 6.20 Å². The summed E-state index contributed by atoms with van der Waals surface area (Å²) >= 11 is 0. The number of amides is 2. The molecule has 128 valence electrons. The first-order chi connectivity index (χ1) is 12.2. The van der Waals surface area contributed by atoms with Crippen LogP contribution in [0.25, 0.3) is 0 Å². The Bertz CT molecular complexity index is 747. The average molecular weight is 338 g/mol. The number of hydrazine groups is 1. The van der Waals surface area contributed by atoms with Crippen molar-refractivity contribution in [1.82, 2.24) is 10.0 Å². The van der Waals surface area contributed by atoms with Gasteiger partial charge in [0.05, 0.1) is 6.54 Å². The normalized spacial score (nSPS) is 13.0. The average Bonchev–Trinajstić information content (AvgIpc) is 3.16. The van der Waals surface area contributed by atoms with Gasteiger partial charge in [0.2, 0.25) is 0 Å². The maximum Gasteiger partial charge on any atom is 0.433 e. The molecule has 0 unspecified atom stereocenters. The van der Waals surface area contributed by atoms with Gasteiger partial charge in [0.15, 0.2) is 0 Å². The third-order valence-corrected chi connectivity index (χ3v) is 3.59. The first kappa shape index (κ1) is 16.6. The molecule has 0 N–H and O–H groups in total. The van der Waals surface area contributed by atoms with Crippen LogP contribution >= 0.6 is 0 Å². The molecule has 25 heavy (non-hydrogen) atoms. The molecule has 1 heterocycles. The smallest absolute Gasteiger partial charge is 0.433 e.